The summed E-state index contributed by atoms with van der Waals surface area (Å²) in [7, 11) is 0. The number of benzene rings is 1. The van der Waals surface area contributed by atoms with E-state index in [-0.39, 0.29) is 5.82 Å². The zero-order valence-electron chi connectivity index (χ0n) is 11.4. The molecular weight excluding hydrogens is 297 g/mol. The maximum atomic E-state index is 12.9. The Morgan fingerprint density at radius 1 is 1.18 bits per heavy atom. The largest absolute Gasteiger partial charge is 0.256 e. The zero-order chi connectivity index (χ0) is 15.4. The van der Waals surface area contributed by atoms with Gasteiger partial charge in [-0.2, -0.15) is 5.26 Å². The van der Waals surface area contributed by atoms with E-state index in [1.54, 1.807) is 36.5 Å². The number of nitrogens with zero attached hydrogens (tertiary/aromatic N) is 3. The SMILES string of the molecule is N#CC(=Cc1csc(-c2ccc(F)cc2)n1)c1ccccn1. The van der Waals surface area contributed by atoms with Crippen molar-refractivity contribution in [2.45, 2.75) is 0 Å². The Balaban J connectivity index is 1.92. The molecule has 3 nitrogen and oxygen atoms in total. The van der Waals surface area contributed by atoms with E-state index < -0.39 is 0 Å². The van der Waals surface area contributed by atoms with Gasteiger partial charge in [0.25, 0.3) is 0 Å². The number of pyridine rings is 1. The first-order valence-corrected chi connectivity index (χ1v) is 7.39. The normalized spacial score (nSPS) is 11.2. The fraction of sp³-hybridized carbons (Fsp3) is 0. The molecule has 3 rings (SSSR count). The van der Waals surface area contributed by atoms with Gasteiger partial charge in [0.15, 0.2) is 0 Å². The van der Waals surface area contributed by atoms with Gasteiger partial charge in [-0.25, -0.2) is 9.37 Å². The molecule has 0 bridgehead atoms. The maximum Gasteiger partial charge on any atom is 0.124 e. The minimum absolute atomic E-state index is 0.276. The number of thiazole rings is 1. The lowest BCUT2D eigenvalue weighted by Crippen LogP contribution is -1.86. The third-order valence-corrected chi connectivity index (χ3v) is 3.88. The molecule has 0 atom stereocenters. The smallest absolute Gasteiger partial charge is 0.124 e. The van der Waals surface area contributed by atoms with Crippen molar-refractivity contribution in [2.24, 2.45) is 0 Å². The van der Waals surface area contributed by atoms with Crippen LogP contribution in [-0.2, 0) is 0 Å². The number of rotatable bonds is 3. The molecule has 2 aromatic heterocycles. The van der Waals surface area contributed by atoms with E-state index in [9.17, 15) is 9.65 Å². The van der Waals surface area contributed by atoms with Gasteiger partial charge >= 0.3 is 0 Å². The van der Waals surface area contributed by atoms with Gasteiger partial charge in [0.05, 0.1) is 17.0 Å². The fourth-order valence-corrected chi connectivity index (χ4v) is 2.69. The molecule has 0 saturated heterocycles. The van der Waals surface area contributed by atoms with Crippen LogP contribution in [0.2, 0.25) is 0 Å². The van der Waals surface area contributed by atoms with Crippen LogP contribution >= 0.6 is 11.3 Å². The van der Waals surface area contributed by atoms with Crippen molar-refractivity contribution in [2.75, 3.05) is 0 Å². The van der Waals surface area contributed by atoms with Crippen LogP contribution in [0.3, 0.4) is 0 Å². The Morgan fingerprint density at radius 3 is 2.68 bits per heavy atom. The third-order valence-electron chi connectivity index (χ3n) is 2.97. The quantitative estimate of drug-likeness (QED) is 0.673. The van der Waals surface area contributed by atoms with Gasteiger partial charge in [0.1, 0.15) is 16.9 Å². The first-order chi connectivity index (χ1) is 10.8. The molecule has 0 unspecified atom stereocenters. The molecule has 1 aromatic carbocycles. The number of aromatic nitrogens is 2. The molecule has 0 saturated carbocycles. The molecule has 0 amide bonds. The first kappa shape index (κ1) is 14.1. The molecule has 0 spiro atoms. The number of nitriles is 1. The predicted molar refractivity (Wildman–Crippen MR) is 85.2 cm³/mol. The molecule has 3 aromatic rings. The van der Waals surface area contributed by atoms with E-state index in [0.717, 1.165) is 10.6 Å². The van der Waals surface area contributed by atoms with Crippen LogP contribution in [0.4, 0.5) is 4.39 Å². The molecule has 0 aliphatic heterocycles. The maximum absolute atomic E-state index is 12.9. The highest BCUT2D eigenvalue weighted by atomic mass is 32.1. The van der Waals surface area contributed by atoms with Crippen LogP contribution in [0.15, 0.2) is 54.0 Å². The summed E-state index contributed by atoms with van der Waals surface area (Å²) in [6, 6.07) is 13.7. The standard InChI is InChI=1S/C17H10FN3S/c18-14-6-4-12(5-7-14)17-21-15(11-22-17)9-13(10-19)16-3-1-2-8-20-16/h1-9,11H. The van der Waals surface area contributed by atoms with Gasteiger partial charge in [-0.05, 0) is 42.5 Å². The molecule has 2 heterocycles. The lowest BCUT2D eigenvalue weighted by atomic mass is 10.1. The van der Waals surface area contributed by atoms with Crippen molar-refractivity contribution in [1.82, 2.24) is 9.97 Å². The fourth-order valence-electron chi connectivity index (χ4n) is 1.91. The summed E-state index contributed by atoms with van der Waals surface area (Å²) < 4.78 is 12.9. The van der Waals surface area contributed by atoms with E-state index in [0.29, 0.717) is 17.0 Å². The number of hydrogen-bond donors (Lipinski definition) is 0. The number of allylic oxidation sites excluding steroid dienone is 1. The molecule has 0 aliphatic rings. The summed E-state index contributed by atoms with van der Waals surface area (Å²) in [5, 5.41) is 11.9. The Hall–Kier alpha value is -2.84. The molecule has 0 radical (unpaired) electrons. The van der Waals surface area contributed by atoms with Crippen LogP contribution < -0.4 is 0 Å². The lowest BCUT2D eigenvalue weighted by molar-refractivity contribution is 0.628. The number of hydrogen-bond acceptors (Lipinski definition) is 4. The van der Waals surface area contributed by atoms with Gasteiger partial charge < -0.3 is 0 Å². The summed E-state index contributed by atoms with van der Waals surface area (Å²) in [6.07, 6.45) is 3.34. The van der Waals surface area contributed by atoms with Crippen molar-refractivity contribution >= 4 is 23.0 Å². The Kier molecular flexibility index (Phi) is 4.03. The van der Waals surface area contributed by atoms with Crippen LogP contribution in [0.1, 0.15) is 11.4 Å². The van der Waals surface area contributed by atoms with Crippen molar-refractivity contribution in [1.29, 1.82) is 5.26 Å². The Morgan fingerprint density at radius 2 is 2.00 bits per heavy atom. The van der Waals surface area contributed by atoms with Gasteiger partial charge in [-0.1, -0.05) is 6.07 Å². The Bertz CT molecular complexity index is 846. The van der Waals surface area contributed by atoms with E-state index >= 15 is 0 Å². The van der Waals surface area contributed by atoms with Crippen LogP contribution in [-0.4, -0.2) is 9.97 Å². The lowest BCUT2D eigenvalue weighted by Gasteiger charge is -1.96. The summed E-state index contributed by atoms with van der Waals surface area (Å²) in [5.41, 5.74) is 2.60. The topological polar surface area (TPSA) is 49.6 Å². The highest BCUT2D eigenvalue weighted by Gasteiger charge is 2.06. The summed E-state index contributed by atoms with van der Waals surface area (Å²) in [5.74, 6) is -0.276. The van der Waals surface area contributed by atoms with E-state index in [1.165, 1.54) is 23.5 Å². The average molecular weight is 307 g/mol. The second-order valence-electron chi connectivity index (χ2n) is 4.47. The molecule has 0 N–H and O–H groups in total. The molecule has 0 aliphatic carbocycles. The van der Waals surface area contributed by atoms with Crippen molar-refractivity contribution in [3.8, 4) is 16.6 Å². The van der Waals surface area contributed by atoms with E-state index in [1.807, 2.05) is 11.4 Å². The molecule has 0 fully saturated rings. The van der Waals surface area contributed by atoms with Crippen LogP contribution in [0.5, 0.6) is 0 Å². The van der Waals surface area contributed by atoms with Gasteiger partial charge in [-0.15, -0.1) is 11.3 Å². The van der Waals surface area contributed by atoms with Crippen molar-refractivity contribution < 1.29 is 4.39 Å². The Labute approximate surface area is 131 Å². The molecule has 106 valence electrons. The summed E-state index contributed by atoms with van der Waals surface area (Å²) >= 11 is 1.45. The summed E-state index contributed by atoms with van der Waals surface area (Å²) in [6.45, 7) is 0. The van der Waals surface area contributed by atoms with Crippen LogP contribution in [0.25, 0.3) is 22.2 Å². The first-order valence-electron chi connectivity index (χ1n) is 6.51. The monoisotopic (exact) mass is 307 g/mol. The van der Waals surface area contributed by atoms with E-state index in [4.69, 9.17) is 0 Å². The predicted octanol–water partition coefficient (Wildman–Crippen LogP) is 4.41. The minimum atomic E-state index is -0.276. The highest BCUT2D eigenvalue weighted by Crippen LogP contribution is 2.25. The second kappa shape index (κ2) is 6.29. The van der Waals surface area contributed by atoms with E-state index in [2.05, 4.69) is 16.0 Å². The highest BCUT2D eigenvalue weighted by molar-refractivity contribution is 7.13. The van der Waals surface area contributed by atoms with Crippen LogP contribution in [0, 0.1) is 17.1 Å². The molecular formula is C17H10FN3S. The summed E-state index contributed by atoms with van der Waals surface area (Å²) in [4.78, 5) is 8.63. The molecule has 5 heteroatoms. The zero-order valence-corrected chi connectivity index (χ0v) is 12.2. The van der Waals surface area contributed by atoms with Gasteiger partial charge in [0.2, 0.25) is 0 Å². The average Bonchev–Trinajstić information content (AvgIpc) is 3.03. The van der Waals surface area contributed by atoms with Crippen molar-refractivity contribution in [3.63, 3.8) is 0 Å². The van der Waals surface area contributed by atoms with Gasteiger partial charge in [-0.3, -0.25) is 4.98 Å². The van der Waals surface area contributed by atoms with Gasteiger partial charge in [0, 0.05) is 17.1 Å². The number of halogens is 1. The van der Waals surface area contributed by atoms with Crippen molar-refractivity contribution in [3.05, 3.63) is 71.2 Å². The third kappa shape index (κ3) is 3.08. The molecule has 22 heavy (non-hydrogen) atoms. The second-order valence-corrected chi connectivity index (χ2v) is 5.33. The minimum Gasteiger partial charge on any atom is -0.256 e.